The van der Waals surface area contributed by atoms with Crippen LogP contribution in [0.4, 0.5) is 5.69 Å². The van der Waals surface area contributed by atoms with Crippen molar-refractivity contribution in [2.75, 3.05) is 25.0 Å². The van der Waals surface area contributed by atoms with Crippen LogP contribution in [-0.4, -0.2) is 36.9 Å². The maximum Gasteiger partial charge on any atom is 0.264 e. The topological polar surface area (TPSA) is 40.6 Å². The zero-order valence-corrected chi connectivity index (χ0v) is 16.5. The number of hydrogen-bond acceptors (Lipinski definition) is 3. The van der Waals surface area contributed by atoms with Crippen LogP contribution < -0.4 is 4.90 Å². The minimum Gasteiger partial charge on any atom is -0.339 e. The van der Waals surface area contributed by atoms with Gasteiger partial charge in [-0.2, -0.15) is 0 Å². The summed E-state index contributed by atoms with van der Waals surface area (Å²) in [5.74, 6) is -0.0420. The molecule has 2 aromatic rings. The van der Waals surface area contributed by atoms with Crippen LogP contribution in [0.15, 0.2) is 52.3 Å². The third-order valence-corrected chi connectivity index (χ3v) is 6.15. The molecule has 6 heteroatoms. The molecule has 0 saturated carbocycles. The van der Waals surface area contributed by atoms with Crippen molar-refractivity contribution in [1.82, 2.24) is 4.90 Å². The average Bonchev–Trinajstić information content (AvgIpc) is 3.20. The number of carbonyl (C=O) groups is 2. The van der Waals surface area contributed by atoms with Crippen LogP contribution in [0.5, 0.6) is 0 Å². The molecule has 138 valence electrons. The molecule has 2 aromatic carbocycles. The molecule has 0 spiro atoms. The summed E-state index contributed by atoms with van der Waals surface area (Å²) in [5, 5.41) is 0.636. The highest BCUT2D eigenvalue weighted by Crippen LogP contribution is 2.42. The minimum absolute atomic E-state index is 0.0430. The number of amides is 2. The van der Waals surface area contributed by atoms with Crippen molar-refractivity contribution in [3.8, 4) is 0 Å². The molecule has 2 heterocycles. The van der Waals surface area contributed by atoms with Gasteiger partial charge >= 0.3 is 0 Å². The first-order valence-corrected chi connectivity index (χ1v) is 10.1. The lowest BCUT2D eigenvalue weighted by Gasteiger charge is -2.28. The first-order chi connectivity index (χ1) is 13.0. The van der Waals surface area contributed by atoms with Crippen molar-refractivity contribution < 1.29 is 9.59 Å². The Labute approximate surface area is 167 Å². The van der Waals surface area contributed by atoms with Gasteiger partial charge in [0.1, 0.15) is 0 Å². The summed E-state index contributed by atoms with van der Waals surface area (Å²) in [4.78, 5) is 30.6. The number of likely N-dealkylation sites (N-methyl/N-ethyl adjacent to an activating group) is 1. The van der Waals surface area contributed by atoms with E-state index in [1.165, 1.54) is 11.8 Å². The highest BCUT2D eigenvalue weighted by molar-refractivity contribution is 8.04. The van der Waals surface area contributed by atoms with Crippen molar-refractivity contribution in [1.29, 1.82) is 0 Å². The molecule has 27 heavy (non-hydrogen) atoms. The van der Waals surface area contributed by atoms with Gasteiger partial charge in [-0.15, -0.1) is 0 Å². The number of carbonyl (C=O) groups excluding carboxylic acids is 2. The molecule has 2 amide bonds. The van der Waals surface area contributed by atoms with Crippen molar-refractivity contribution in [2.24, 2.45) is 0 Å². The first kappa shape index (κ1) is 18.1. The molecular weight excluding hydrogens is 380 g/mol. The Hall–Kier alpha value is -2.24. The summed E-state index contributed by atoms with van der Waals surface area (Å²) in [7, 11) is 1.75. The Balaban J connectivity index is 1.65. The largest absolute Gasteiger partial charge is 0.339 e. The first-order valence-electron chi connectivity index (χ1n) is 8.89. The summed E-state index contributed by atoms with van der Waals surface area (Å²) in [6, 6.07) is 13.0. The summed E-state index contributed by atoms with van der Waals surface area (Å²) in [6.45, 7) is 1.62. The Kier molecular flexibility index (Phi) is 4.98. The van der Waals surface area contributed by atoms with Crippen LogP contribution in [0.3, 0.4) is 0 Å². The van der Waals surface area contributed by atoms with Gasteiger partial charge in [-0.05, 0) is 54.8 Å². The predicted octanol–water partition coefficient (Wildman–Crippen LogP) is 4.69. The van der Waals surface area contributed by atoms with Crippen LogP contribution in [0.1, 0.15) is 28.8 Å². The van der Waals surface area contributed by atoms with E-state index in [9.17, 15) is 9.59 Å². The van der Waals surface area contributed by atoms with E-state index < -0.39 is 0 Å². The van der Waals surface area contributed by atoms with E-state index >= 15 is 0 Å². The molecule has 4 nitrogen and oxygen atoms in total. The van der Waals surface area contributed by atoms with E-state index in [1.54, 1.807) is 18.0 Å². The molecule has 0 radical (unpaired) electrons. The Morgan fingerprint density at radius 3 is 2.67 bits per heavy atom. The average molecular weight is 399 g/mol. The molecule has 0 unspecified atom stereocenters. The fraction of sp³-hybridized carbons (Fsp3) is 0.238. The number of likely N-dealkylation sites (tertiary alicyclic amines) is 1. The van der Waals surface area contributed by atoms with Crippen LogP contribution in [0.25, 0.3) is 6.08 Å². The number of rotatable bonds is 2. The Morgan fingerprint density at radius 1 is 1.15 bits per heavy atom. The maximum absolute atomic E-state index is 12.8. The second kappa shape index (κ2) is 7.41. The van der Waals surface area contributed by atoms with Gasteiger partial charge in [0.05, 0.1) is 10.6 Å². The Morgan fingerprint density at radius 2 is 1.93 bits per heavy atom. The van der Waals surface area contributed by atoms with Crippen LogP contribution >= 0.6 is 23.4 Å². The maximum atomic E-state index is 12.8. The van der Waals surface area contributed by atoms with Gasteiger partial charge in [-0.25, -0.2) is 0 Å². The molecular formula is C21H19ClN2O2S. The zero-order chi connectivity index (χ0) is 19.0. The lowest BCUT2D eigenvalue weighted by molar-refractivity contribution is -0.114. The molecule has 2 aliphatic heterocycles. The number of hydrogen-bond donors (Lipinski definition) is 0. The van der Waals surface area contributed by atoms with Gasteiger partial charge in [0.25, 0.3) is 11.8 Å². The van der Waals surface area contributed by atoms with Crippen LogP contribution in [0, 0.1) is 0 Å². The van der Waals surface area contributed by atoms with Crippen molar-refractivity contribution in [3.63, 3.8) is 0 Å². The fourth-order valence-corrected chi connectivity index (χ4v) is 4.67. The third kappa shape index (κ3) is 3.62. The second-order valence-corrected chi connectivity index (χ2v) is 8.23. The standard InChI is InChI=1S/C21H19ClN2O2S/c1-23-17-13-15(20(25)24-9-2-3-10-24)7-8-18(17)27-19(21(23)26)12-14-5-4-6-16(22)11-14/h4-8,11-13H,2-3,9-10H2,1H3/b19-12-. The van der Waals surface area contributed by atoms with E-state index in [2.05, 4.69) is 0 Å². The van der Waals surface area contributed by atoms with Gasteiger partial charge in [0.15, 0.2) is 0 Å². The zero-order valence-electron chi connectivity index (χ0n) is 14.9. The molecule has 2 aliphatic rings. The van der Waals surface area contributed by atoms with Crippen LogP contribution in [-0.2, 0) is 4.79 Å². The molecule has 0 bridgehead atoms. The highest BCUT2D eigenvalue weighted by atomic mass is 35.5. The Bertz CT molecular complexity index is 951. The van der Waals surface area contributed by atoms with Gasteiger partial charge in [0.2, 0.25) is 0 Å². The van der Waals surface area contributed by atoms with Gasteiger partial charge < -0.3 is 9.80 Å². The number of fused-ring (bicyclic) bond motifs is 1. The summed E-state index contributed by atoms with van der Waals surface area (Å²) in [6.07, 6.45) is 3.97. The SMILES string of the molecule is CN1C(=O)/C(=C/c2cccc(Cl)c2)Sc2ccc(C(=O)N3CCCC3)cc21. The van der Waals surface area contributed by atoms with Crippen molar-refractivity contribution in [3.05, 3.63) is 63.5 Å². The predicted molar refractivity (Wildman–Crippen MR) is 110 cm³/mol. The smallest absolute Gasteiger partial charge is 0.264 e. The lowest BCUT2D eigenvalue weighted by Crippen LogP contribution is -2.31. The second-order valence-electron chi connectivity index (χ2n) is 6.71. The monoisotopic (exact) mass is 398 g/mol. The normalized spacial score (nSPS) is 18.1. The third-order valence-electron chi connectivity index (χ3n) is 4.84. The molecule has 0 aromatic heterocycles. The molecule has 1 fully saturated rings. The van der Waals surface area contributed by atoms with E-state index in [4.69, 9.17) is 11.6 Å². The van der Waals surface area contributed by atoms with Crippen molar-refractivity contribution >= 4 is 46.9 Å². The summed E-state index contributed by atoms with van der Waals surface area (Å²) in [5.41, 5.74) is 2.30. The van der Waals surface area contributed by atoms with Gasteiger partial charge in [-0.1, -0.05) is 35.5 Å². The highest BCUT2D eigenvalue weighted by Gasteiger charge is 2.28. The quantitative estimate of drug-likeness (QED) is 0.689. The summed E-state index contributed by atoms with van der Waals surface area (Å²) < 4.78 is 0. The number of anilines is 1. The fourth-order valence-electron chi connectivity index (χ4n) is 3.38. The lowest BCUT2D eigenvalue weighted by atomic mass is 10.1. The van der Waals surface area contributed by atoms with Crippen molar-refractivity contribution in [2.45, 2.75) is 17.7 Å². The van der Waals surface area contributed by atoms with Gasteiger partial charge in [0, 0.05) is 35.6 Å². The summed E-state index contributed by atoms with van der Waals surface area (Å²) >= 11 is 7.47. The van der Waals surface area contributed by atoms with E-state index in [0.29, 0.717) is 15.5 Å². The number of thioether (sulfide) groups is 1. The minimum atomic E-state index is -0.0850. The van der Waals surface area contributed by atoms with Gasteiger partial charge in [-0.3, -0.25) is 9.59 Å². The number of nitrogens with zero attached hydrogens (tertiary/aromatic N) is 2. The molecule has 0 aliphatic carbocycles. The molecule has 0 atom stereocenters. The van der Waals surface area contributed by atoms with E-state index in [1.807, 2.05) is 47.4 Å². The van der Waals surface area contributed by atoms with E-state index in [-0.39, 0.29) is 11.8 Å². The number of benzene rings is 2. The molecule has 4 rings (SSSR count). The molecule has 1 saturated heterocycles. The van der Waals surface area contributed by atoms with E-state index in [0.717, 1.165) is 42.1 Å². The number of halogens is 1. The molecule has 0 N–H and O–H groups in total. The van der Waals surface area contributed by atoms with Crippen LogP contribution in [0.2, 0.25) is 5.02 Å².